The zero-order chi connectivity index (χ0) is 20.4. The minimum Gasteiger partial charge on any atom is -0.478 e. The van der Waals surface area contributed by atoms with Gasteiger partial charge in [0.05, 0.1) is 5.57 Å². The molecule has 3 nitrogen and oxygen atoms in total. The molecule has 1 heterocycles. The van der Waals surface area contributed by atoms with Crippen molar-refractivity contribution in [3.8, 4) is 0 Å². The lowest BCUT2D eigenvalue weighted by Gasteiger charge is -2.40. The van der Waals surface area contributed by atoms with E-state index in [1.165, 1.54) is 5.57 Å². The second-order valence-corrected chi connectivity index (χ2v) is 8.33. The van der Waals surface area contributed by atoms with Crippen LogP contribution in [0, 0.1) is 0 Å². The van der Waals surface area contributed by atoms with Gasteiger partial charge in [-0.15, -0.1) is 0 Å². The summed E-state index contributed by atoms with van der Waals surface area (Å²) in [6.45, 7) is 14.1. The Morgan fingerprint density at radius 1 is 1.04 bits per heavy atom. The summed E-state index contributed by atoms with van der Waals surface area (Å²) in [6, 6.07) is 0. The molecule has 0 radical (unpaired) electrons. The highest BCUT2D eigenvalue weighted by atomic mass is 16.5. The molecule has 3 heteroatoms. The van der Waals surface area contributed by atoms with Crippen molar-refractivity contribution in [3.05, 3.63) is 45.3 Å². The fraction of sp³-hybridized carbons (Fsp3) is 0.583. The van der Waals surface area contributed by atoms with Gasteiger partial charge < -0.3 is 4.74 Å². The molecule has 2 rings (SSSR count). The van der Waals surface area contributed by atoms with E-state index >= 15 is 0 Å². The molecule has 0 bridgehead atoms. The Bertz CT molecular complexity index is 769. The first-order valence-corrected chi connectivity index (χ1v) is 10.2. The molecule has 148 valence electrons. The van der Waals surface area contributed by atoms with Crippen molar-refractivity contribution in [1.82, 2.24) is 0 Å². The first kappa shape index (κ1) is 21.4. The first-order chi connectivity index (χ1) is 12.6. The third-order valence-corrected chi connectivity index (χ3v) is 5.99. The van der Waals surface area contributed by atoms with E-state index in [-0.39, 0.29) is 17.3 Å². The first-order valence-electron chi connectivity index (χ1n) is 10.2. The minimum atomic E-state index is -0.551. The normalized spacial score (nSPS) is 22.9. The highest BCUT2D eigenvalue weighted by molar-refractivity contribution is 6.26. The molecule has 27 heavy (non-hydrogen) atoms. The maximum atomic E-state index is 13.2. The van der Waals surface area contributed by atoms with E-state index in [0.717, 1.165) is 43.3 Å². The average molecular weight is 371 g/mol. The van der Waals surface area contributed by atoms with Crippen molar-refractivity contribution in [2.75, 3.05) is 0 Å². The quantitative estimate of drug-likeness (QED) is 0.306. The Morgan fingerprint density at radius 3 is 2.30 bits per heavy atom. The van der Waals surface area contributed by atoms with Gasteiger partial charge in [-0.05, 0) is 78.4 Å². The number of rotatable bonds is 7. The number of unbranched alkanes of at least 4 members (excludes halogenated alkanes) is 2. The molecule has 0 aromatic rings. The van der Waals surface area contributed by atoms with E-state index in [1.54, 1.807) is 6.92 Å². The molecule has 0 aromatic carbocycles. The Balaban J connectivity index is 2.38. The third-order valence-electron chi connectivity index (χ3n) is 5.99. The van der Waals surface area contributed by atoms with Gasteiger partial charge in [-0.3, -0.25) is 9.59 Å². The molecular formula is C24H34O3. The van der Waals surface area contributed by atoms with Gasteiger partial charge in [0.25, 0.3) is 0 Å². The monoisotopic (exact) mass is 370 g/mol. The van der Waals surface area contributed by atoms with Crippen LogP contribution in [-0.2, 0) is 14.3 Å². The molecule has 0 saturated carbocycles. The smallest absolute Gasteiger partial charge is 0.224 e. The summed E-state index contributed by atoms with van der Waals surface area (Å²) in [7, 11) is 0. The number of carbonyl (C=O) groups excluding carboxylic acids is 2. The minimum absolute atomic E-state index is 0.0423. The Hall–Kier alpha value is -1.90. The molecule has 0 amide bonds. The number of hydrogen-bond donors (Lipinski definition) is 0. The summed E-state index contributed by atoms with van der Waals surface area (Å²) < 4.78 is 6.30. The molecule has 1 aliphatic carbocycles. The molecule has 0 spiro atoms. The van der Waals surface area contributed by atoms with E-state index in [9.17, 15) is 9.59 Å². The molecule has 1 aliphatic heterocycles. The van der Waals surface area contributed by atoms with Crippen LogP contribution in [0.15, 0.2) is 45.3 Å². The lowest BCUT2D eigenvalue weighted by atomic mass is 9.77. The predicted molar refractivity (Wildman–Crippen MR) is 110 cm³/mol. The van der Waals surface area contributed by atoms with Gasteiger partial charge in [0, 0.05) is 11.1 Å². The maximum Gasteiger partial charge on any atom is 0.224 e. The number of allylic oxidation sites excluding steroid dienone is 6. The SMILES string of the molecule is CCCCCC1=C(C)C(=O)C2=C(OC(C)(CCC=C(C)C)C(C)=C2C)C1=O. The highest BCUT2D eigenvalue weighted by Gasteiger charge is 2.43. The van der Waals surface area contributed by atoms with Gasteiger partial charge in [0.15, 0.2) is 11.5 Å². The van der Waals surface area contributed by atoms with Crippen LogP contribution in [-0.4, -0.2) is 17.2 Å². The summed E-state index contributed by atoms with van der Waals surface area (Å²) in [4.78, 5) is 26.2. The summed E-state index contributed by atoms with van der Waals surface area (Å²) in [6.07, 6.45) is 7.58. The van der Waals surface area contributed by atoms with Crippen molar-refractivity contribution in [2.45, 2.75) is 92.6 Å². The second-order valence-electron chi connectivity index (χ2n) is 8.33. The molecule has 2 aliphatic rings. The van der Waals surface area contributed by atoms with Crippen LogP contribution in [0.1, 0.15) is 87.0 Å². The number of Topliss-reactive ketones (excluding diaryl/α,β-unsaturated/α-hetero) is 2. The topological polar surface area (TPSA) is 43.4 Å². The van der Waals surface area contributed by atoms with Crippen molar-refractivity contribution < 1.29 is 14.3 Å². The zero-order valence-electron chi connectivity index (χ0n) is 18.0. The molecular weight excluding hydrogens is 336 g/mol. The average Bonchev–Trinajstić information content (AvgIpc) is 2.60. The van der Waals surface area contributed by atoms with E-state index in [0.29, 0.717) is 23.1 Å². The van der Waals surface area contributed by atoms with Crippen molar-refractivity contribution in [2.24, 2.45) is 0 Å². The maximum absolute atomic E-state index is 13.2. The molecule has 0 saturated heterocycles. The second kappa shape index (κ2) is 8.41. The molecule has 1 unspecified atom stereocenters. The Kier molecular flexibility index (Phi) is 6.67. The number of hydrogen-bond acceptors (Lipinski definition) is 3. The van der Waals surface area contributed by atoms with Gasteiger partial charge in [0.1, 0.15) is 5.60 Å². The van der Waals surface area contributed by atoms with Crippen LogP contribution in [0.4, 0.5) is 0 Å². The lowest BCUT2D eigenvalue weighted by molar-refractivity contribution is -0.122. The summed E-state index contributed by atoms with van der Waals surface area (Å²) in [5, 5.41) is 0. The van der Waals surface area contributed by atoms with Crippen molar-refractivity contribution in [3.63, 3.8) is 0 Å². The summed E-state index contributed by atoms with van der Waals surface area (Å²) in [5.74, 6) is 0.151. The highest BCUT2D eigenvalue weighted by Crippen LogP contribution is 2.43. The van der Waals surface area contributed by atoms with Crippen LogP contribution in [0.3, 0.4) is 0 Å². The molecule has 0 aromatic heterocycles. The third kappa shape index (κ3) is 4.17. The summed E-state index contributed by atoms with van der Waals surface area (Å²) >= 11 is 0. The van der Waals surface area contributed by atoms with E-state index in [4.69, 9.17) is 4.74 Å². The van der Waals surface area contributed by atoms with Gasteiger partial charge in [-0.2, -0.15) is 0 Å². The van der Waals surface area contributed by atoms with Crippen LogP contribution >= 0.6 is 0 Å². The Morgan fingerprint density at radius 2 is 1.70 bits per heavy atom. The molecule has 1 atom stereocenters. The van der Waals surface area contributed by atoms with Crippen LogP contribution in [0.25, 0.3) is 0 Å². The van der Waals surface area contributed by atoms with Crippen molar-refractivity contribution in [1.29, 1.82) is 0 Å². The van der Waals surface area contributed by atoms with Gasteiger partial charge >= 0.3 is 0 Å². The van der Waals surface area contributed by atoms with Crippen LogP contribution in [0.5, 0.6) is 0 Å². The van der Waals surface area contributed by atoms with E-state index in [2.05, 4.69) is 26.8 Å². The zero-order valence-corrected chi connectivity index (χ0v) is 18.0. The number of ketones is 2. The van der Waals surface area contributed by atoms with E-state index in [1.807, 2.05) is 20.8 Å². The number of ether oxygens (including phenoxy) is 1. The standard InChI is InChI=1S/C24H34O3/c1-8-9-10-13-19-17(5)21(25)20-16(4)18(6)24(7,14-11-12-15(2)3)27-23(20)22(19)26/h12H,8-11,13-14H2,1-7H3. The van der Waals surface area contributed by atoms with E-state index < -0.39 is 5.60 Å². The van der Waals surface area contributed by atoms with Crippen LogP contribution in [0.2, 0.25) is 0 Å². The summed E-state index contributed by atoms with van der Waals surface area (Å²) in [5.41, 5.74) is 4.39. The van der Waals surface area contributed by atoms with Crippen molar-refractivity contribution >= 4 is 11.6 Å². The fourth-order valence-electron chi connectivity index (χ4n) is 3.90. The largest absolute Gasteiger partial charge is 0.478 e. The van der Waals surface area contributed by atoms with Crippen LogP contribution < -0.4 is 0 Å². The fourth-order valence-corrected chi connectivity index (χ4v) is 3.90. The van der Waals surface area contributed by atoms with Gasteiger partial charge in [0.2, 0.25) is 5.78 Å². The molecule has 0 N–H and O–H groups in total. The lowest BCUT2D eigenvalue weighted by Crippen LogP contribution is -2.39. The van der Waals surface area contributed by atoms with Gasteiger partial charge in [-0.1, -0.05) is 31.4 Å². The predicted octanol–water partition coefficient (Wildman–Crippen LogP) is 6.16. The number of carbonyl (C=O) groups is 2. The van der Waals surface area contributed by atoms with Gasteiger partial charge in [-0.25, -0.2) is 0 Å². The Labute approximate surface area is 164 Å². The molecule has 0 fully saturated rings.